The van der Waals surface area contributed by atoms with Crippen LogP contribution in [0.25, 0.3) is 0 Å². The van der Waals surface area contributed by atoms with Crippen LogP contribution in [-0.2, 0) is 14.0 Å². The SMILES string of the molecule is CCO/N=C(\C)C(C)SS(=O)(=O)O.[Na+]. The van der Waals surface area contributed by atoms with Gasteiger partial charge in [-0.2, -0.15) is 8.42 Å². The molecular formula is C6H13NNaO4S2+. The van der Waals surface area contributed by atoms with Crippen molar-refractivity contribution < 1.29 is 47.4 Å². The molecule has 0 aromatic heterocycles. The topological polar surface area (TPSA) is 76.0 Å². The summed E-state index contributed by atoms with van der Waals surface area (Å²) in [5.74, 6) is 0. The summed E-state index contributed by atoms with van der Waals surface area (Å²) in [4.78, 5) is 4.73. The fraction of sp³-hybridized carbons (Fsp3) is 0.833. The number of oxime groups is 1. The number of rotatable bonds is 5. The van der Waals surface area contributed by atoms with Crippen molar-refractivity contribution in [1.82, 2.24) is 0 Å². The molecule has 0 rings (SSSR count). The molecule has 0 aliphatic rings. The molecule has 0 saturated carbocycles. The van der Waals surface area contributed by atoms with Gasteiger partial charge in [0.05, 0.1) is 11.0 Å². The van der Waals surface area contributed by atoms with Gasteiger partial charge < -0.3 is 4.84 Å². The monoisotopic (exact) mass is 250 g/mol. The first kappa shape index (κ1) is 17.1. The summed E-state index contributed by atoms with van der Waals surface area (Å²) in [7, 11) is -3.58. The van der Waals surface area contributed by atoms with Crippen LogP contribution in [0.1, 0.15) is 20.8 Å². The molecule has 0 radical (unpaired) electrons. The Morgan fingerprint density at radius 3 is 2.50 bits per heavy atom. The number of hydrogen-bond acceptors (Lipinski definition) is 5. The molecule has 0 aliphatic heterocycles. The standard InChI is InChI=1S/C6H13NO4S2.Na/c1-4-11-7-5(2)6(3)12-13(8,9)10;/h6H,4H2,1-3H3,(H,8,9,10);/q;+1/b7-5+;. The van der Waals surface area contributed by atoms with Crippen molar-refractivity contribution in [2.75, 3.05) is 6.61 Å². The van der Waals surface area contributed by atoms with E-state index in [1.165, 1.54) is 0 Å². The molecule has 1 N–H and O–H groups in total. The van der Waals surface area contributed by atoms with Gasteiger partial charge in [0.15, 0.2) is 0 Å². The Balaban J connectivity index is 0. The van der Waals surface area contributed by atoms with E-state index in [0.717, 1.165) is 0 Å². The largest absolute Gasteiger partial charge is 1.00 e. The molecule has 0 heterocycles. The predicted molar refractivity (Wildman–Crippen MR) is 53.3 cm³/mol. The normalized spacial score (nSPS) is 14.4. The van der Waals surface area contributed by atoms with Gasteiger partial charge in [-0.1, -0.05) is 5.16 Å². The molecule has 8 heteroatoms. The minimum atomic E-state index is -4.01. The van der Waals surface area contributed by atoms with Crippen LogP contribution in [0.5, 0.6) is 0 Å². The predicted octanol–water partition coefficient (Wildman–Crippen LogP) is -1.67. The third kappa shape index (κ3) is 9.29. The Hall–Kier alpha value is 0.730. The third-order valence-corrected chi connectivity index (χ3v) is 3.66. The summed E-state index contributed by atoms with van der Waals surface area (Å²) in [6.45, 7) is 5.47. The molecule has 5 nitrogen and oxygen atoms in total. The van der Waals surface area contributed by atoms with Crippen LogP contribution in [0, 0.1) is 0 Å². The second-order valence-corrected chi connectivity index (χ2v) is 5.91. The molecule has 1 unspecified atom stereocenters. The van der Waals surface area contributed by atoms with Crippen molar-refractivity contribution >= 4 is 25.7 Å². The molecule has 0 aromatic rings. The van der Waals surface area contributed by atoms with Crippen molar-refractivity contribution in [3.63, 3.8) is 0 Å². The Bertz CT molecular complexity index is 278. The summed E-state index contributed by atoms with van der Waals surface area (Å²) in [5.41, 5.74) is 0.518. The van der Waals surface area contributed by atoms with Crippen molar-refractivity contribution in [2.45, 2.75) is 26.0 Å². The Morgan fingerprint density at radius 1 is 1.64 bits per heavy atom. The Morgan fingerprint density at radius 2 is 2.14 bits per heavy atom. The maximum Gasteiger partial charge on any atom is 1.00 e. The van der Waals surface area contributed by atoms with Gasteiger partial charge in [0, 0.05) is 10.8 Å². The van der Waals surface area contributed by atoms with Crippen LogP contribution in [0.3, 0.4) is 0 Å². The van der Waals surface area contributed by atoms with Gasteiger partial charge in [-0.15, -0.1) is 0 Å². The van der Waals surface area contributed by atoms with E-state index in [1.807, 2.05) is 0 Å². The maximum absolute atomic E-state index is 10.4. The molecular weight excluding hydrogens is 237 g/mol. The summed E-state index contributed by atoms with van der Waals surface area (Å²) in [6.07, 6.45) is 0. The second kappa shape index (κ2) is 7.95. The zero-order chi connectivity index (χ0) is 10.5. The quantitative estimate of drug-likeness (QED) is 0.207. The molecule has 0 saturated heterocycles. The van der Waals surface area contributed by atoms with E-state index < -0.39 is 14.4 Å². The molecule has 0 fully saturated rings. The summed E-state index contributed by atoms with van der Waals surface area (Å²) in [6, 6.07) is 0. The van der Waals surface area contributed by atoms with Crippen molar-refractivity contribution in [3.8, 4) is 0 Å². The van der Waals surface area contributed by atoms with E-state index in [1.54, 1.807) is 20.8 Å². The maximum atomic E-state index is 10.4. The fourth-order valence-electron chi connectivity index (χ4n) is 0.493. The van der Waals surface area contributed by atoms with E-state index in [-0.39, 0.29) is 29.6 Å². The van der Waals surface area contributed by atoms with Crippen molar-refractivity contribution in [3.05, 3.63) is 0 Å². The molecule has 14 heavy (non-hydrogen) atoms. The molecule has 1 atom stereocenters. The van der Waals surface area contributed by atoms with Crippen LogP contribution >= 0.6 is 10.8 Å². The van der Waals surface area contributed by atoms with Crippen molar-refractivity contribution in [2.24, 2.45) is 5.16 Å². The number of nitrogens with zero attached hydrogens (tertiary/aromatic N) is 1. The number of hydrogen-bond donors (Lipinski definition) is 1. The second-order valence-electron chi connectivity index (χ2n) is 2.32. The van der Waals surface area contributed by atoms with Crippen LogP contribution in [0.2, 0.25) is 0 Å². The Kier molecular flexibility index (Phi) is 9.73. The molecule has 0 aliphatic carbocycles. The molecule has 0 spiro atoms. The first-order chi connectivity index (χ1) is 5.87. The van der Waals surface area contributed by atoms with E-state index in [9.17, 15) is 8.42 Å². The Labute approximate surface area is 110 Å². The van der Waals surface area contributed by atoms with Gasteiger partial charge in [0.2, 0.25) is 0 Å². The molecule has 0 amide bonds. The van der Waals surface area contributed by atoms with E-state index in [2.05, 4.69) is 5.16 Å². The van der Waals surface area contributed by atoms with Gasteiger partial charge >= 0.3 is 38.7 Å². The zero-order valence-electron chi connectivity index (χ0n) is 8.72. The van der Waals surface area contributed by atoms with Gasteiger partial charge in [-0.25, -0.2) is 0 Å². The van der Waals surface area contributed by atoms with Gasteiger partial charge in [-0.05, 0) is 20.8 Å². The molecule has 0 bridgehead atoms. The van der Waals surface area contributed by atoms with E-state index in [4.69, 9.17) is 9.39 Å². The molecule has 0 aromatic carbocycles. The van der Waals surface area contributed by atoms with Crippen LogP contribution in [-0.4, -0.2) is 30.5 Å². The van der Waals surface area contributed by atoms with E-state index >= 15 is 0 Å². The third-order valence-electron chi connectivity index (χ3n) is 1.19. The smallest absolute Gasteiger partial charge is 0.396 e. The van der Waals surface area contributed by atoms with Crippen LogP contribution in [0.15, 0.2) is 5.16 Å². The first-order valence-corrected chi connectivity index (χ1v) is 6.52. The minimum absolute atomic E-state index is 0. The van der Waals surface area contributed by atoms with Gasteiger partial charge in [-0.3, -0.25) is 4.55 Å². The summed E-state index contributed by atoms with van der Waals surface area (Å²) < 4.78 is 29.4. The minimum Gasteiger partial charge on any atom is -0.396 e. The first-order valence-electron chi connectivity index (χ1n) is 3.69. The molecule has 78 valence electrons. The van der Waals surface area contributed by atoms with Gasteiger partial charge in [0.1, 0.15) is 6.61 Å². The summed E-state index contributed by atoms with van der Waals surface area (Å²) in [5, 5.41) is 3.23. The fourth-order valence-corrected chi connectivity index (χ4v) is 2.55. The summed E-state index contributed by atoms with van der Waals surface area (Å²) >= 11 is 0. The van der Waals surface area contributed by atoms with Crippen molar-refractivity contribution in [1.29, 1.82) is 0 Å². The average molecular weight is 250 g/mol. The average Bonchev–Trinajstić information content (AvgIpc) is 1.96. The van der Waals surface area contributed by atoms with Gasteiger partial charge in [0.25, 0.3) is 0 Å². The van der Waals surface area contributed by atoms with Crippen LogP contribution < -0.4 is 29.6 Å². The zero-order valence-corrected chi connectivity index (χ0v) is 12.4. The van der Waals surface area contributed by atoms with E-state index in [0.29, 0.717) is 23.1 Å². The van der Waals surface area contributed by atoms with Crippen LogP contribution in [0.4, 0.5) is 0 Å².